The van der Waals surface area contributed by atoms with Gasteiger partial charge in [-0.3, -0.25) is 14.5 Å². The highest BCUT2D eigenvalue weighted by molar-refractivity contribution is 8.01. The summed E-state index contributed by atoms with van der Waals surface area (Å²) in [7, 11) is -1.60. The van der Waals surface area contributed by atoms with E-state index in [4.69, 9.17) is 26.5 Å². The summed E-state index contributed by atoms with van der Waals surface area (Å²) in [5.41, 5.74) is 0.457. The number of ether oxygens (including phenoxy) is 2. The predicted octanol–water partition coefficient (Wildman–Crippen LogP) is 2.19. The van der Waals surface area contributed by atoms with Crippen LogP contribution in [0, 0.1) is 11.6 Å². The first-order valence-corrected chi connectivity index (χ1v) is 14.6. The standard InChI is InChI=1S/C25H31F2N5O6S2/c1-16(33)29-17-4-6-20(7-5-17)40(3,35)32-9-8-30(10-11-37-32)23-21(26)12-18(13-22(23)27)31-15-19(38-25(31)34)14-28-24(39)36-2/h4,6,12-13,19H,3,5,7-11,14-15H2,1-2H3,(H,28,39)(H,29,33)/t19-,40?/m0/s1. The highest BCUT2D eigenvalue weighted by Gasteiger charge is 2.34. The van der Waals surface area contributed by atoms with Crippen molar-refractivity contribution in [2.24, 2.45) is 0 Å². The molecule has 218 valence electrons. The molecule has 0 spiro atoms. The highest BCUT2D eigenvalue weighted by atomic mass is 32.2. The second-order valence-electron chi connectivity index (χ2n) is 9.27. The smallest absolute Gasteiger partial charge is 0.414 e. The Kier molecular flexibility index (Phi) is 9.28. The topological polar surface area (TPSA) is 113 Å². The summed E-state index contributed by atoms with van der Waals surface area (Å²) in [5, 5.41) is 5.63. The lowest BCUT2D eigenvalue weighted by molar-refractivity contribution is -0.118. The zero-order valence-electron chi connectivity index (χ0n) is 22.1. The van der Waals surface area contributed by atoms with Crippen LogP contribution in [0.15, 0.2) is 34.9 Å². The summed E-state index contributed by atoms with van der Waals surface area (Å²) in [6, 6.07) is 2.16. The van der Waals surface area contributed by atoms with Crippen LogP contribution in [0.25, 0.3) is 0 Å². The normalized spacial score (nSPS) is 21.5. The van der Waals surface area contributed by atoms with Crippen LogP contribution in [0.3, 0.4) is 0 Å². The average Bonchev–Trinajstić information content (AvgIpc) is 3.10. The van der Waals surface area contributed by atoms with E-state index in [-0.39, 0.29) is 61.8 Å². The molecule has 0 bridgehead atoms. The minimum atomic E-state index is -3.01. The molecule has 3 aliphatic rings. The third kappa shape index (κ3) is 6.71. The molecule has 0 aromatic heterocycles. The number of methoxy groups -OCH3 is 1. The van der Waals surface area contributed by atoms with Gasteiger partial charge in [-0.1, -0.05) is 0 Å². The number of thiocarbonyl (C=S) groups is 1. The van der Waals surface area contributed by atoms with Gasteiger partial charge in [0.2, 0.25) is 5.91 Å². The minimum Gasteiger partial charge on any atom is -0.474 e. The Morgan fingerprint density at radius 2 is 1.95 bits per heavy atom. The van der Waals surface area contributed by atoms with E-state index in [0.717, 1.165) is 17.0 Å². The van der Waals surface area contributed by atoms with E-state index < -0.39 is 33.5 Å². The molecule has 15 heteroatoms. The second-order valence-corrected chi connectivity index (χ2v) is 11.9. The van der Waals surface area contributed by atoms with Gasteiger partial charge in [0.1, 0.15) is 11.8 Å². The van der Waals surface area contributed by atoms with E-state index in [9.17, 15) is 13.8 Å². The number of hydroxylamine groups is 1. The lowest BCUT2D eigenvalue weighted by atomic mass is 10.1. The van der Waals surface area contributed by atoms with Crippen LogP contribution in [-0.2, 0) is 28.8 Å². The Labute approximate surface area is 236 Å². The van der Waals surface area contributed by atoms with Gasteiger partial charge in [-0.2, -0.15) is 0 Å². The van der Waals surface area contributed by atoms with Crippen molar-refractivity contribution in [3.63, 3.8) is 0 Å². The Bertz CT molecular complexity index is 1330. The molecule has 2 amide bonds. The first-order chi connectivity index (χ1) is 19.0. The summed E-state index contributed by atoms with van der Waals surface area (Å²) >= 11 is 4.90. The van der Waals surface area contributed by atoms with E-state index in [1.165, 1.54) is 23.4 Å². The number of anilines is 2. The van der Waals surface area contributed by atoms with Crippen LogP contribution in [0.4, 0.5) is 25.0 Å². The molecule has 2 aliphatic heterocycles. The molecule has 1 aromatic carbocycles. The number of carbonyl (C=O) groups is 2. The zero-order chi connectivity index (χ0) is 29.0. The summed E-state index contributed by atoms with van der Waals surface area (Å²) in [6.07, 6.45) is 2.92. The molecule has 2 saturated heterocycles. The quantitative estimate of drug-likeness (QED) is 0.456. The first-order valence-electron chi connectivity index (χ1n) is 12.5. The number of hydrogen-bond acceptors (Lipinski definition) is 8. The fourth-order valence-corrected chi connectivity index (χ4v) is 6.22. The molecule has 11 nitrogen and oxygen atoms in total. The van der Waals surface area contributed by atoms with Crippen molar-refractivity contribution < 1.29 is 36.9 Å². The lowest BCUT2D eigenvalue weighted by Gasteiger charge is -2.27. The molecular formula is C25H31F2N5O6S2. The molecule has 0 radical (unpaired) electrons. The molecule has 2 atom stereocenters. The monoisotopic (exact) mass is 599 g/mol. The van der Waals surface area contributed by atoms with Gasteiger partial charge in [0.15, 0.2) is 11.6 Å². The zero-order valence-corrected chi connectivity index (χ0v) is 23.7. The summed E-state index contributed by atoms with van der Waals surface area (Å²) in [4.78, 5) is 32.5. The van der Waals surface area contributed by atoms with E-state index in [2.05, 4.69) is 16.5 Å². The van der Waals surface area contributed by atoms with E-state index >= 15 is 8.78 Å². The van der Waals surface area contributed by atoms with E-state index in [0.29, 0.717) is 23.4 Å². The van der Waals surface area contributed by atoms with Crippen molar-refractivity contribution in [3.05, 3.63) is 46.5 Å². The van der Waals surface area contributed by atoms with Crippen LogP contribution >= 0.6 is 12.2 Å². The lowest BCUT2D eigenvalue weighted by Crippen LogP contribution is -2.36. The number of hydrogen-bond donors (Lipinski definition) is 2. The molecule has 2 N–H and O–H groups in total. The number of benzene rings is 1. The predicted molar refractivity (Wildman–Crippen MR) is 151 cm³/mol. The van der Waals surface area contributed by atoms with Gasteiger partial charge in [0, 0.05) is 42.7 Å². The number of carbonyl (C=O) groups excluding carboxylic acids is 2. The maximum absolute atomic E-state index is 15.3. The fourth-order valence-electron chi connectivity index (χ4n) is 4.55. The highest BCUT2D eigenvalue weighted by Crippen LogP contribution is 2.32. The molecule has 0 saturated carbocycles. The van der Waals surface area contributed by atoms with Crippen LogP contribution in [-0.4, -0.2) is 84.3 Å². The number of nitrogens with one attached hydrogen (secondary N) is 2. The maximum atomic E-state index is 15.3. The molecule has 1 aliphatic carbocycles. The largest absolute Gasteiger partial charge is 0.474 e. The van der Waals surface area contributed by atoms with E-state index in [1.807, 2.05) is 0 Å². The van der Waals surface area contributed by atoms with Crippen LogP contribution in [0.5, 0.6) is 0 Å². The number of nitrogens with zero attached hydrogens (tertiary/aromatic N) is 3. The van der Waals surface area contributed by atoms with Gasteiger partial charge in [0.25, 0.3) is 5.17 Å². The van der Waals surface area contributed by atoms with Crippen molar-refractivity contribution >= 4 is 56.3 Å². The summed E-state index contributed by atoms with van der Waals surface area (Å²) in [5.74, 6) is 1.97. The van der Waals surface area contributed by atoms with Crippen LogP contribution in [0.2, 0.25) is 0 Å². The third-order valence-corrected chi connectivity index (χ3v) is 8.91. The Morgan fingerprint density at radius 1 is 1.23 bits per heavy atom. The number of amides is 2. The van der Waals surface area contributed by atoms with Gasteiger partial charge in [-0.25, -0.2) is 17.8 Å². The van der Waals surface area contributed by atoms with Crippen molar-refractivity contribution in [1.82, 2.24) is 15.1 Å². The number of allylic oxidation sites excluding steroid dienone is 4. The maximum Gasteiger partial charge on any atom is 0.414 e. The van der Waals surface area contributed by atoms with Gasteiger partial charge in [0.05, 0.1) is 48.7 Å². The van der Waals surface area contributed by atoms with Crippen molar-refractivity contribution in [2.75, 3.05) is 56.2 Å². The number of halogens is 2. The van der Waals surface area contributed by atoms with Crippen molar-refractivity contribution in [1.29, 1.82) is 0 Å². The average molecular weight is 600 g/mol. The molecule has 1 aromatic rings. The summed E-state index contributed by atoms with van der Waals surface area (Å²) in [6.45, 7) is 1.99. The summed E-state index contributed by atoms with van der Waals surface area (Å²) < 4.78 is 55.5. The van der Waals surface area contributed by atoms with Gasteiger partial charge in [-0.05, 0) is 43.1 Å². The number of cyclic esters (lactones) is 1. The Hall–Kier alpha value is -3.27. The number of rotatable bonds is 7. The van der Waals surface area contributed by atoms with Gasteiger partial charge >= 0.3 is 6.09 Å². The van der Waals surface area contributed by atoms with Crippen LogP contribution < -0.4 is 20.4 Å². The molecule has 2 fully saturated rings. The fraction of sp³-hybridized carbons (Fsp3) is 0.440. The van der Waals surface area contributed by atoms with Crippen LogP contribution in [0.1, 0.15) is 19.8 Å². The van der Waals surface area contributed by atoms with Gasteiger partial charge in [-0.15, -0.1) is 4.47 Å². The van der Waals surface area contributed by atoms with Gasteiger partial charge < -0.3 is 25.0 Å². The first kappa shape index (κ1) is 29.7. The molecule has 2 heterocycles. The second kappa shape index (κ2) is 12.5. The molecule has 40 heavy (non-hydrogen) atoms. The minimum absolute atomic E-state index is 0.0177. The Morgan fingerprint density at radius 3 is 2.58 bits per heavy atom. The van der Waals surface area contributed by atoms with Crippen molar-refractivity contribution in [2.45, 2.75) is 25.9 Å². The van der Waals surface area contributed by atoms with E-state index in [1.54, 1.807) is 12.2 Å². The van der Waals surface area contributed by atoms with Crippen molar-refractivity contribution in [3.8, 4) is 0 Å². The SMILES string of the molecule is C=S(=O)(C1=CC=C(NC(C)=O)CC1)N1CCN(c2c(F)cc(N3C[C@H](CNC(=S)OC)OC3=O)cc2F)CCO1. The third-order valence-electron chi connectivity index (χ3n) is 6.50. The molecule has 1 unspecified atom stereocenters. The molecular weight excluding hydrogens is 568 g/mol. The molecule has 4 rings (SSSR count). The Balaban J connectivity index is 1.43.